The lowest BCUT2D eigenvalue weighted by Crippen LogP contribution is -1.95. The van der Waals surface area contributed by atoms with E-state index in [1.807, 2.05) is 6.07 Å². The van der Waals surface area contributed by atoms with Crippen molar-refractivity contribution < 1.29 is 4.79 Å². The zero-order valence-corrected chi connectivity index (χ0v) is 8.66. The van der Waals surface area contributed by atoms with Gasteiger partial charge in [-0.3, -0.25) is 4.79 Å². The number of nitrogens with zero attached hydrogens (tertiary/aromatic N) is 1. The molecule has 0 aliphatic rings. The van der Waals surface area contributed by atoms with Crippen molar-refractivity contribution in [2.45, 2.75) is 6.42 Å². The van der Waals surface area contributed by atoms with Crippen LogP contribution in [0.2, 0.25) is 0 Å². The highest BCUT2D eigenvalue weighted by Gasteiger charge is 2.03. The number of H-pyrrole nitrogens is 1. The minimum absolute atomic E-state index is 0.548. The van der Waals surface area contributed by atoms with Crippen molar-refractivity contribution in [1.29, 1.82) is 0 Å². The number of pyridine rings is 1. The first-order chi connectivity index (χ1) is 7.85. The van der Waals surface area contributed by atoms with E-state index < -0.39 is 0 Å². The molecule has 2 heterocycles. The summed E-state index contributed by atoms with van der Waals surface area (Å²) in [7, 11) is 0. The molecule has 0 radical (unpaired) electrons. The van der Waals surface area contributed by atoms with Gasteiger partial charge in [-0.15, -0.1) is 0 Å². The van der Waals surface area contributed by atoms with Crippen LogP contribution in [-0.2, 0) is 0 Å². The maximum atomic E-state index is 10.8. The Morgan fingerprint density at radius 2 is 2.44 bits per heavy atom. The number of aromatic amines is 1. The molecule has 2 rings (SSSR count). The van der Waals surface area contributed by atoms with Gasteiger partial charge in [0.1, 0.15) is 5.65 Å². The van der Waals surface area contributed by atoms with E-state index in [0.29, 0.717) is 24.2 Å². The van der Waals surface area contributed by atoms with Crippen LogP contribution in [0.1, 0.15) is 22.3 Å². The van der Waals surface area contributed by atoms with Gasteiger partial charge in [-0.2, -0.15) is 0 Å². The van der Waals surface area contributed by atoms with Gasteiger partial charge in [-0.05, 0) is 6.07 Å². The van der Waals surface area contributed by atoms with Gasteiger partial charge in [0, 0.05) is 41.9 Å². The van der Waals surface area contributed by atoms with Crippen molar-refractivity contribution in [3.05, 3.63) is 29.6 Å². The minimum atomic E-state index is 0.548. The van der Waals surface area contributed by atoms with E-state index in [9.17, 15) is 4.79 Å². The van der Waals surface area contributed by atoms with Crippen LogP contribution in [-0.4, -0.2) is 22.8 Å². The van der Waals surface area contributed by atoms with E-state index >= 15 is 0 Å². The highest BCUT2D eigenvalue weighted by Crippen LogP contribution is 2.15. The van der Waals surface area contributed by atoms with E-state index in [1.165, 1.54) is 0 Å². The molecule has 0 aliphatic heterocycles. The van der Waals surface area contributed by atoms with Gasteiger partial charge >= 0.3 is 0 Å². The van der Waals surface area contributed by atoms with E-state index in [0.717, 1.165) is 17.2 Å². The Hall–Kier alpha value is -2.12. The first-order valence-corrected chi connectivity index (χ1v) is 4.96. The first kappa shape index (κ1) is 10.4. The van der Waals surface area contributed by atoms with Crippen molar-refractivity contribution in [2.24, 2.45) is 5.73 Å². The van der Waals surface area contributed by atoms with Gasteiger partial charge in [-0.1, -0.05) is 11.8 Å². The Morgan fingerprint density at radius 3 is 3.19 bits per heavy atom. The summed E-state index contributed by atoms with van der Waals surface area (Å²) in [5.74, 6) is 5.89. The Balaban J connectivity index is 2.43. The lowest BCUT2D eigenvalue weighted by Gasteiger charge is -1.92. The fourth-order valence-electron chi connectivity index (χ4n) is 1.43. The van der Waals surface area contributed by atoms with Gasteiger partial charge in [0.2, 0.25) is 0 Å². The number of fused-ring (bicyclic) bond motifs is 1. The van der Waals surface area contributed by atoms with E-state index in [2.05, 4.69) is 21.8 Å². The number of aldehydes is 1. The standard InChI is InChI=1S/C12H11N3O/c13-4-2-1-3-9-5-11-10(8-16)7-15-12(11)14-6-9/h5-8H,2,4,13H2,(H,14,15). The van der Waals surface area contributed by atoms with Crippen molar-refractivity contribution in [1.82, 2.24) is 9.97 Å². The van der Waals surface area contributed by atoms with Crippen molar-refractivity contribution in [3.63, 3.8) is 0 Å². The second-order valence-corrected chi connectivity index (χ2v) is 3.32. The van der Waals surface area contributed by atoms with Crippen molar-refractivity contribution in [2.75, 3.05) is 6.54 Å². The van der Waals surface area contributed by atoms with Gasteiger partial charge in [0.05, 0.1) is 0 Å². The number of nitrogens with one attached hydrogen (secondary N) is 1. The quantitative estimate of drug-likeness (QED) is 0.579. The van der Waals surface area contributed by atoms with E-state index in [1.54, 1.807) is 12.4 Å². The highest BCUT2D eigenvalue weighted by atomic mass is 16.1. The molecule has 80 valence electrons. The second-order valence-electron chi connectivity index (χ2n) is 3.32. The molecule has 0 fully saturated rings. The molecule has 0 saturated heterocycles. The summed E-state index contributed by atoms with van der Waals surface area (Å²) in [5, 5.41) is 0.801. The molecule has 4 heteroatoms. The smallest absolute Gasteiger partial charge is 0.152 e. The Bertz CT molecular complexity index is 575. The average molecular weight is 213 g/mol. The highest BCUT2D eigenvalue weighted by molar-refractivity contribution is 5.96. The van der Waals surface area contributed by atoms with E-state index in [-0.39, 0.29) is 0 Å². The third-order valence-electron chi connectivity index (χ3n) is 2.19. The number of carbonyl (C=O) groups is 1. The molecule has 0 spiro atoms. The molecule has 0 aliphatic carbocycles. The zero-order valence-electron chi connectivity index (χ0n) is 8.66. The summed E-state index contributed by atoms with van der Waals surface area (Å²) in [6.45, 7) is 0.548. The lowest BCUT2D eigenvalue weighted by molar-refractivity contribution is 0.112. The summed E-state index contributed by atoms with van der Waals surface area (Å²) in [5.41, 5.74) is 7.44. The topological polar surface area (TPSA) is 71.8 Å². The fourth-order valence-corrected chi connectivity index (χ4v) is 1.43. The maximum Gasteiger partial charge on any atom is 0.152 e. The molecule has 16 heavy (non-hydrogen) atoms. The summed E-state index contributed by atoms with van der Waals surface area (Å²) >= 11 is 0. The first-order valence-electron chi connectivity index (χ1n) is 4.96. The average Bonchev–Trinajstić information content (AvgIpc) is 2.71. The number of hydrogen-bond donors (Lipinski definition) is 2. The maximum absolute atomic E-state index is 10.8. The molecule has 0 bridgehead atoms. The molecular weight excluding hydrogens is 202 g/mol. The second kappa shape index (κ2) is 4.60. The number of carbonyl (C=O) groups excluding carboxylic acids is 1. The van der Waals surface area contributed by atoms with Crippen LogP contribution in [0, 0.1) is 11.8 Å². The number of nitrogens with two attached hydrogens (primary N) is 1. The largest absolute Gasteiger partial charge is 0.345 e. The SMILES string of the molecule is NCCC#Cc1cnc2[nH]cc(C=O)c2c1. The molecule has 0 amide bonds. The number of rotatable bonds is 2. The summed E-state index contributed by atoms with van der Waals surface area (Å²) in [4.78, 5) is 17.9. The van der Waals surface area contributed by atoms with Crippen LogP contribution >= 0.6 is 0 Å². The molecule has 3 N–H and O–H groups in total. The summed E-state index contributed by atoms with van der Waals surface area (Å²) < 4.78 is 0. The van der Waals surface area contributed by atoms with Gasteiger partial charge in [0.15, 0.2) is 6.29 Å². The van der Waals surface area contributed by atoms with Crippen LogP contribution in [0.3, 0.4) is 0 Å². The number of aromatic nitrogens is 2. The molecule has 2 aromatic heterocycles. The van der Waals surface area contributed by atoms with Crippen LogP contribution in [0.5, 0.6) is 0 Å². The molecule has 0 aromatic carbocycles. The Labute approximate surface area is 92.9 Å². The lowest BCUT2D eigenvalue weighted by atomic mass is 10.2. The Kier molecular flexibility index (Phi) is 2.99. The van der Waals surface area contributed by atoms with Crippen LogP contribution in [0.25, 0.3) is 11.0 Å². The molecule has 4 nitrogen and oxygen atoms in total. The minimum Gasteiger partial charge on any atom is -0.345 e. The Morgan fingerprint density at radius 1 is 1.56 bits per heavy atom. The normalized spacial score (nSPS) is 9.81. The monoisotopic (exact) mass is 213 g/mol. The molecule has 0 saturated carbocycles. The number of hydrogen-bond acceptors (Lipinski definition) is 3. The third kappa shape index (κ3) is 1.95. The van der Waals surface area contributed by atoms with Crippen LogP contribution in [0.4, 0.5) is 0 Å². The van der Waals surface area contributed by atoms with Gasteiger partial charge < -0.3 is 10.7 Å². The summed E-state index contributed by atoms with van der Waals surface area (Å²) in [6.07, 6.45) is 4.78. The van der Waals surface area contributed by atoms with Crippen molar-refractivity contribution in [3.8, 4) is 11.8 Å². The van der Waals surface area contributed by atoms with Gasteiger partial charge in [0.25, 0.3) is 0 Å². The zero-order chi connectivity index (χ0) is 11.4. The van der Waals surface area contributed by atoms with E-state index in [4.69, 9.17) is 5.73 Å². The van der Waals surface area contributed by atoms with Crippen LogP contribution < -0.4 is 5.73 Å². The molecular formula is C12H11N3O. The summed E-state index contributed by atoms with van der Waals surface area (Å²) in [6, 6.07) is 1.85. The van der Waals surface area contributed by atoms with Crippen molar-refractivity contribution >= 4 is 17.3 Å². The van der Waals surface area contributed by atoms with Gasteiger partial charge in [-0.25, -0.2) is 4.98 Å². The molecule has 0 atom stereocenters. The predicted octanol–water partition coefficient (Wildman–Crippen LogP) is 1.08. The fraction of sp³-hybridized carbons (Fsp3) is 0.167. The molecule has 0 unspecified atom stereocenters. The molecule has 2 aromatic rings. The third-order valence-corrected chi connectivity index (χ3v) is 2.19. The predicted molar refractivity (Wildman–Crippen MR) is 62.0 cm³/mol. The van der Waals surface area contributed by atoms with Crippen LogP contribution in [0.15, 0.2) is 18.5 Å².